The Bertz CT molecular complexity index is 1100. The molecular formula is C31H34N2O. The highest BCUT2D eigenvalue weighted by Crippen LogP contribution is 2.43. The molecule has 0 radical (unpaired) electrons. The van der Waals surface area contributed by atoms with E-state index in [1.165, 1.54) is 24.0 Å². The smallest absolute Gasteiger partial charge is 0.234 e. The number of hydrogen-bond donors (Lipinski definition) is 1. The van der Waals surface area contributed by atoms with E-state index in [0.717, 1.165) is 37.2 Å². The summed E-state index contributed by atoms with van der Waals surface area (Å²) in [5, 5.41) is 3.24. The summed E-state index contributed by atoms with van der Waals surface area (Å²) in [7, 11) is 0. The van der Waals surface area contributed by atoms with Crippen molar-refractivity contribution in [2.75, 3.05) is 26.2 Å². The van der Waals surface area contributed by atoms with Gasteiger partial charge in [-0.25, -0.2) is 0 Å². The summed E-state index contributed by atoms with van der Waals surface area (Å²) in [6.07, 6.45) is 8.05. The van der Waals surface area contributed by atoms with E-state index in [1.54, 1.807) is 0 Å². The van der Waals surface area contributed by atoms with Gasteiger partial charge in [-0.1, -0.05) is 97.1 Å². The minimum atomic E-state index is -0.706. The molecule has 34 heavy (non-hydrogen) atoms. The van der Waals surface area contributed by atoms with Crippen molar-refractivity contribution in [1.82, 2.24) is 10.2 Å². The fourth-order valence-electron chi connectivity index (χ4n) is 5.70. The number of amides is 1. The molecule has 3 nitrogen and oxygen atoms in total. The average molecular weight is 451 g/mol. The van der Waals surface area contributed by atoms with Crippen molar-refractivity contribution in [2.45, 2.75) is 37.0 Å². The number of carbonyl (C=O) groups excluding carboxylic acids is 1. The predicted octanol–water partition coefficient (Wildman–Crippen LogP) is 5.56. The van der Waals surface area contributed by atoms with E-state index in [4.69, 9.17) is 0 Å². The Labute approximate surface area is 203 Å². The molecule has 1 spiro atoms. The van der Waals surface area contributed by atoms with Gasteiger partial charge in [-0.3, -0.25) is 4.79 Å². The molecule has 0 bridgehead atoms. The molecular weight excluding hydrogens is 416 g/mol. The van der Waals surface area contributed by atoms with Gasteiger partial charge in [0.05, 0.1) is 5.41 Å². The van der Waals surface area contributed by atoms with E-state index in [-0.39, 0.29) is 11.3 Å². The van der Waals surface area contributed by atoms with Gasteiger partial charge in [0.15, 0.2) is 0 Å². The van der Waals surface area contributed by atoms with Gasteiger partial charge in [0.1, 0.15) is 0 Å². The maximum absolute atomic E-state index is 13.5. The summed E-state index contributed by atoms with van der Waals surface area (Å²) >= 11 is 0. The first-order chi connectivity index (χ1) is 16.6. The van der Waals surface area contributed by atoms with Crippen molar-refractivity contribution in [3.05, 3.63) is 113 Å². The van der Waals surface area contributed by atoms with Crippen LogP contribution in [0.1, 0.15) is 48.4 Å². The van der Waals surface area contributed by atoms with Crippen molar-refractivity contribution in [3.8, 4) is 0 Å². The molecule has 174 valence electrons. The van der Waals surface area contributed by atoms with Gasteiger partial charge in [-0.05, 0) is 68.1 Å². The molecule has 3 heteroatoms. The molecule has 1 N–H and O–H groups in total. The number of likely N-dealkylation sites (tertiary alicyclic amines) is 1. The van der Waals surface area contributed by atoms with Crippen LogP contribution < -0.4 is 5.32 Å². The number of piperidine rings is 1. The van der Waals surface area contributed by atoms with Crippen LogP contribution in [0.2, 0.25) is 0 Å². The van der Waals surface area contributed by atoms with Crippen molar-refractivity contribution >= 4 is 12.0 Å². The number of hydrogen-bond acceptors (Lipinski definition) is 2. The molecule has 1 saturated heterocycles. The topological polar surface area (TPSA) is 32.3 Å². The Morgan fingerprint density at radius 3 is 2.12 bits per heavy atom. The van der Waals surface area contributed by atoms with Crippen LogP contribution in [-0.2, 0) is 15.6 Å². The van der Waals surface area contributed by atoms with Gasteiger partial charge in [0, 0.05) is 12.0 Å². The lowest BCUT2D eigenvalue weighted by molar-refractivity contribution is -0.124. The van der Waals surface area contributed by atoms with Crippen molar-refractivity contribution in [3.63, 3.8) is 0 Å². The van der Waals surface area contributed by atoms with Crippen LogP contribution in [0, 0.1) is 0 Å². The van der Waals surface area contributed by atoms with Gasteiger partial charge < -0.3 is 10.2 Å². The van der Waals surface area contributed by atoms with Gasteiger partial charge in [-0.15, -0.1) is 0 Å². The van der Waals surface area contributed by atoms with E-state index in [2.05, 4.69) is 46.6 Å². The van der Waals surface area contributed by atoms with Gasteiger partial charge in [0.2, 0.25) is 5.91 Å². The number of benzene rings is 3. The Hall–Kier alpha value is -3.17. The molecule has 1 fully saturated rings. The van der Waals surface area contributed by atoms with Crippen LogP contribution in [0.4, 0.5) is 0 Å². The number of carbonyl (C=O) groups is 1. The highest BCUT2D eigenvalue weighted by molar-refractivity contribution is 5.91. The number of fused-ring (bicyclic) bond motifs is 2. The van der Waals surface area contributed by atoms with Crippen molar-refractivity contribution in [2.24, 2.45) is 0 Å². The molecule has 3 aromatic rings. The van der Waals surface area contributed by atoms with Crippen LogP contribution in [-0.4, -0.2) is 37.0 Å². The van der Waals surface area contributed by atoms with Crippen LogP contribution in [0.3, 0.4) is 0 Å². The third-order valence-corrected chi connectivity index (χ3v) is 7.92. The minimum Gasteiger partial charge on any atom is -0.355 e. The molecule has 1 amide bonds. The summed E-state index contributed by atoms with van der Waals surface area (Å²) in [4.78, 5) is 16.0. The molecule has 2 aliphatic rings. The summed E-state index contributed by atoms with van der Waals surface area (Å²) in [6, 6.07) is 29.0. The average Bonchev–Trinajstić information content (AvgIpc) is 3.26. The van der Waals surface area contributed by atoms with Gasteiger partial charge in [-0.2, -0.15) is 0 Å². The molecule has 0 atom stereocenters. The lowest BCUT2D eigenvalue weighted by atomic mass is 9.74. The van der Waals surface area contributed by atoms with Gasteiger partial charge in [0.25, 0.3) is 0 Å². The van der Waals surface area contributed by atoms with Crippen LogP contribution in [0.15, 0.2) is 91.0 Å². The molecule has 0 saturated carbocycles. The Balaban J connectivity index is 1.16. The highest BCUT2D eigenvalue weighted by atomic mass is 16.2. The van der Waals surface area contributed by atoms with Crippen LogP contribution >= 0.6 is 0 Å². The second kappa shape index (κ2) is 9.60. The fraction of sp³-hybridized carbons (Fsp3) is 0.323. The number of nitrogens with one attached hydrogen (secondary N) is 1. The molecule has 0 unspecified atom stereocenters. The van der Waals surface area contributed by atoms with E-state index >= 15 is 0 Å². The lowest BCUT2D eigenvalue weighted by Gasteiger charge is -2.39. The summed E-state index contributed by atoms with van der Waals surface area (Å²) in [5.74, 6) is 0.0650. The number of nitrogens with zero attached hydrogens (tertiary/aromatic N) is 1. The maximum Gasteiger partial charge on any atom is 0.234 e. The number of allylic oxidation sites excluding steroid dienone is 1. The Kier molecular flexibility index (Phi) is 6.38. The van der Waals surface area contributed by atoms with Crippen LogP contribution in [0.25, 0.3) is 6.08 Å². The largest absolute Gasteiger partial charge is 0.355 e. The Morgan fingerprint density at radius 1 is 0.882 bits per heavy atom. The first kappa shape index (κ1) is 22.6. The lowest BCUT2D eigenvalue weighted by Crippen LogP contribution is -2.45. The summed E-state index contributed by atoms with van der Waals surface area (Å²) in [6.45, 7) is 5.97. The van der Waals surface area contributed by atoms with Crippen molar-refractivity contribution < 1.29 is 4.79 Å². The third kappa shape index (κ3) is 4.21. The number of rotatable bonds is 7. The zero-order chi connectivity index (χ0) is 23.4. The summed E-state index contributed by atoms with van der Waals surface area (Å²) < 4.78 is 0. The monoisotopic (exact) mass is 450 g/mol. The van der Waals surface area contributed by atoms with Crippen LogP contribution in [0.5, 0.6) is 0 Å². The quantitative estimate of drug-likeness (QED) is 0.478. The molecule has 1 aliphatic heterocycles. The first-order valence-electron chi connectivity index (χ1n) is 12.5. The van der Waals surface area contributed by atoms with E-state index in [1.807, 2.05) is 67.6 Å². The van der Waals surface area contributed by atoms with E-state index in [9.17, 15) is 4.79 Å². The minimum absolute atomic E-state index is 0.0650. The zero-order valence-corrected chi connectivity index (χ0v) is 20.0. The molecule has 1 heterocycles. The normalized spacial score (nSPS) is 17.0. The molecule has 0 aromatic heterocycles. The third-order valence-electron chi connectivity index (χ3n) is 7.92. The summed E-state index contributed by atoms with van der Waals surface area (Å²) in [5.41, 5.74) is 4.45. The molecule has 5 rings (SSSR count). The maximum atomic E-state index is 13.5. The van der Waals surface area contributed by atoms with E-state index in [0.29, 0.717) is 6.54 Å². The Morgan fingerprint density at radius 2 is 1.47 bits per heavy atom. The SMILES string of the molecule is CC(C(=O)NCCCN1CCC2(C=Cc3ccccc32)CC1)(c1ccccc1)c1ccccc1. The fourth-order valence-corrected chi connectivity index (χ4v) is 5.70. The highest BCUT2D eigenvalue weighted by Gasteiger charge is 2.38. The molecule has 1 aliphatic carbocycles. The standard InChI is InChI=1S/C31H34N2O/c1-30(26-12-4-2-5-13-26,27-14-6-3-7-15-27)29(34)32-21-10-22-33-23-19-31(20-24-33)18-17-25-11-8-9-16-28(25)31/h2-9,11-18H,10,19-24H2,1H3,(H,32,34). The van der Waals surface area contributed by atoms with E-state index < -0.39 is 5.41 Å². The second-order valence-corrected chi connectivity index (χ2v) is 9.88. The molecule has 3 aromatic carbocycles. The second-order valence-electron chi connectivity index (χ2n) is 9.88. The first-order valence-corrected chi connectivity index (χ1v) is 12.5. The predicted molar refractivity (Wildman–Crippen MR) is 140 cm³/mol. The zero-order valence-electron chi connectivity index (χ0n) is 20.0. The van der Waals surface area contributed by atoms with Crippen molar-refractivity contribution in [1.29, 1.82) is 0 Å². The van der Waals surface area contributed by atoms with Gasteiger partial charge >= 0.3 is 0 Å².